The van der Waals surface area contributed by atoms with E-state index in [1.807, 2.05) is 0 Å². The van der Waals surface area contributed by atoms with E-state index in [1.165, 1.54) is 18.2 Å². The van der Waals surface area contributed by atoms with Crippen LogP contribution in [0.15, 0.2) is 24.3 Å². The summed E-state index contributed by atoms with van der Waals surface area (Å²) < 4.78 is 13.3. The smallest absolute Gasteiger partial charge is 0.317 e. The summed E-state index contributed by atoms with van der Waals surface area (Å²) in [5.74, 6) is -3.53. The van der Waals surface area contributed by atoms with E-state index in [1.54, 1.807) is 6.07 Å². The molecule has 0 aromatic heterocycles. The van der Waals surface area contributed by atoms with E-state index in [4.69, 9.17) is 10.2 Å². The van der Waals surface area contributed by atoms with Crippen molar-refractivity contribution >= 4 is 17.8 Å². The maximum Gasteiger partial charge on any atom is 0.317 e. The predicted molar refractivity (Wildman–Crippen MR) is 70.0 cm³/mol. The molecule has 8 heteroatoms. The molecule has 0 atom stereocenters. The number of nitrogens with one attached hydrogen (secondary N) is 1. The Morgan fingerprint density at radius 2 is 1.62 bits per heavy atom. The van der Waals surface area contributed by atoms with Crippen LogP contribution < -0.4 is 5.32 Å². The van der Waals surface area contributed by atoms with E-state index in [9.17, 15) is 18.8 Å². The molecular formula is C13H15FN2O5. The number of hydrogen-bond acceptors (Lipinski definition) is 4. The van der Waals surface area contributed by atoms with Gasteiger partial charge in [-0.2, -0.15) is 0 Å². The van der Waals surface area contributed by atoms with Crippen LogP contribution in [-0.4, -0.2) is 52.6 Å². The molecule has 0 aliphatic rings. The lowest BCUT2D eigenvalue weighted by molar-refractivity contribution is -0.142. The van der Waals surface area contributed by atoms with Crippen LogP contribution in [0.2, 0.25) is 0 Å². The van der Waals surface area contributed by atoms with Gasteiger partial charge in [-0.1, -0.05) is 18.2 Å². The number of nitrogens with zero attached hydrogens (tertiary/aromatic N) is 1. The summed E-state index contributed by atoms with van der Waals surface area (Å²) in [7, 11) is 0. The fraction of sp³-hybridized carbons (Fsp3) is 0.308. The molecule has 0 saturated carbocycles. The number of carboxylic acid groups (broad SMARTS) is 2. The average molecular weight is 298 g/mol. The van der Waals surface area contributed by atoms with Crippen molar-refractivity contribution in [3.8, 4) is 0 Å². The summed E-state index contributed by atoms with van der Waals surface area (Å²) in [6.45, 7) is -1.59. The Labute approximate surface area is 120 Å². The molecule has 1 aromatic carbocycles. The molecule has 0 radical (unpaired) electrons. The van der Waals surface area contributed by atoms with Crippen LogP contribution in [0.4, 0.5) is 4.39 Å². The number of carboxylic acids is 2. The first kappa shape index (κ1) is 16.6. The third-order valence-corrected chi connectivity index (χ3v) is 2.52. The van der Waals surface area contributed by atoms with Crippen LogP contribution in [0.1, 0.15) is 5.56 Å². The lowest BCUT2D eigenvalue weighted by Crippen LogP contribution is -2.42. The van der Waals surface area contributed by atoms with Gasteiger partial charge >= 0.3 is 11.9 Å². The Kier molecular flexibility index (Phi) is 6.28. The highest BCUT2D eigenvalue weighted by Crippen LogP contribution is 2.05. The Hall–Kier alpha value is -2.48. The van der Waals surface area contributed by atoms with Crippen molar-refractivity contribution in [3.63, 3.8) is 0 Å². The van der Waals surface area contributed by atoms with Crippen molar-refractivity contribution in [2.24, 2.45) is 0 Å². The molecule has 0 aliphatic carbocycles. The first-order valence-corrected chi connectivity index (χ1v) is 6.04. The molecule has 3 N–H and O–H groups in total. The largest absolute Gasteiger partial charge is 0.480 e. The summed E-state index contributed by atoms with van der Waals surface area (Å²) in [5, 5.41) is 19.7. The van der Waals surface area contributed by atoms with Gasteiger partial charge < -0.3 is 15.5 Å². The lowest BCUT2D eigenvalue weighted by Gasteiger charge is -2.17. The zero-order chi connectivity index (χ0) is 15.8. The zero-order valence-corrected chi connectivity index (χ0v) is 11.1. The van der Waals surface area contributed by atoms with E-state index < -0.39 is 43.3 Å². The first-order chi connectivity index (χ1) is 9.88. The topological polar surface area (TPSA) is 107 Å². The molecule has 0 saturated heterocycles. The third kappa shape index (κ3) is 6.48. The Morgan fingerprint density at radius 1 is 1.05 bits per heavy atom. The van der Waals surface area contributed by atoms with Crippen LogP contribution >= 0.6 is 0 Å². The quantitative estimate of drug-likeness (QED) is 0.619. The second-order valence-corrected chi connectivity index (χ2v) is 4.30. The van der Waals surface area contributed by atoms with E-state index in [-0.39, 0.29) is 12.1 Å². The number of amides is 1. The van der Waals surface area contributed by atoms with Gasteiger partial charge in [0.2, 0.25) is 5.91 Å². The standard InChI is InChI=1S/C13H15FN2O5/c14-10-4-2-1-3-9(10)5-15-11(17)6-16(7-12(18)19)8-13(20)21/h1-4H,5-8H2,(H,15,17)(H,18,19)(H,20,21). The fourth-order valence-electron chi connectivity index (χ4n) is 1.64. The summed E-state index contributed by atoms with van der Waals surface area (Å²) in [4.78, 5) is 33.8. The summed E-state index contributed by atoms with van der Waals surface area (Å²) in [6.07, 6.45) is 0. The van der Waals surface area contributed by atoms with Crippen molar-refractivity contribution in [1.82, 2.24) is 10.2 Å². The summed E-state index contributed by atoms with van der Waals surface area (Å²) in [5.41, 5.74) is 0.286. The maximum atomic E-state index is 13.3. The molecule has 1 aromatic rings. The molecule has 0 bridgehead atoms. The number of halogens is 1. The minimum atomic E-state index is -1.24. The molecule has 0 unspecified atom stereocenters. The minimum absolute atomic E-state index is 0.0561. The molecule has 0 fully saturated rings. The number of benzene rings is 1. The maximum absolute atomic E-state index is 13.3. The highest BCUT2D eigenvalue weighted by Gasteiger charge is 2.16. The van der Waals surface area contributed by atoms with Gasteiger partial charge in [0.1, 0.15) is 5.82 Å². The minimum Gasteiger partial charge on any atom is -0.480 e. The van der Waals surface area contributed by atoms with E-state index >= 15 is 0 Å². The molecule has 0 aliphatic heterocycles. The zero-order valence-electron chi connectivity index (χ0n) is 11.1. The van der Waals surface area contributed by atoms with Gasteiger partial charge in [0, 0.05) is 12.1 Å². The van der Waals surface area contributed by atoms with Crippen LogP contribution in [0.5, 0.6) is 0 Å². The average Bonchev–Trinajstić information content (AvgIpc) is 2.36. The Morgan fingerprint density at radius 3 is 2.14 bits per heavy atom. The molecular weight excluding hydrogens is 283 g/mol. The third-order valence-electron chi connectivity index (χ3n) is 2.52. The summed E-state index contributed by atoms with van der Waals surface area (Å²) in [6, 6.07) is 5.89. The van der Waals surface area contributed by atoms with Gasteiger partial charge in [0.25, 0.3) is 0 Å². The second-order valence-electron chi connectivity index (χ2n) is 4.30. The van der Waals surface area contributed by atoms with Crippen molar-refractivity contribution in [3.05, 3.63) is 35.6 Å². The Bertz CT molecular complexity index is 519. The fourth-order valence-corrected chi connectivity index (χ4v) is 1.64. The van der Waals surface area contributed by atoms with Crippen molar-refractivity contribution < 1.29 is 29.0 Å². The van der Waals surface area contributed by atoms with Crippen LogP contribution in [0.25, 0.3) is 0 Å². The number of aliphatic carboxylic acids is 2. The van der Waals surface area contributed by atoms with Crippen molar-refractivity contribution in [1.29, 1.82) is 0 Å². The van der Waals surface area contributed by atoms with Crippen molar-refractivity contribution in [2.75, 3.05) is 19.6 Å². The number of hydrogen-bond donors (Lipinski definition) is 3. The number of carbonyl (C=O) groups is 3. The highest BCUT2D eigenvalue weighted by atomic mass is 19.1. The highest BCUT2D eigenvalue weighted by molar-refractivity contribution is 5.80. The number of carbonyl (C=O) groups excluding carboxylic acids is 1. The van der Waals surface area contributed by atoms with Gasteiger partial charge in [-0.15, -0.1) is 0 Å². The van der Waals surface area contributed by atoms with Crippen LogP contribution in [0, 0.1) is 5.82 Å². The monoisotopic (exact) mass is 298 g/mol. The molecule has 0 heterocycles. The SMILES string of the molecule is O=C(O)CN(CC(=O)O)CC(=O)NCc1ccccc1F. The Balaban J connectivity index is 2.51. The number of rotatable bonds is 8. The van der Waals surface area contributed by atoms with E-state index in [0.29, 0.717) is 0 Å². The molecule has 1 amide bonds. The van der Waals surface area contributed by atoms with E-state index in [2.05, 4.69) is 5.32 Å². The van der Waals surface area contributed by atoms with Crippen LogP contribution in [-0.2, 0) is 20.9 Å². The van der Waals surface area contributed by atoms with Gasteiger partial charge in [0.15, 0.2) is 0 Å². The lowest BCUT2D eigenvalue weighted by atomic mass is 10.2. The van der Waals surface area contributed by atoms with Gasteiger partial charge in [-0.3, -0.25) is 19.3 Å². The van der Waals surface area contributed by atoms with Crippen molar-refractivity contribution in [2.45, 2.75) is 6.54 Å². The first-order valence-electron chi connectivity index (χ1n) is 6.04. The second kappa shape index (κ2) is 7.95. The molecule has 21 heavy (non-hydrogen) atoms. The van der Waals surface area contributed by atoms with Gasteiger partial charge in [-0.25, -0.2) is 4.39 Å². The molecule has 0 spiro atoms. The van der Waals surface area contributed by atoms with E-state index in [0.717, 1.165) is 4.90 Å². The van der Waals surface area contributed by atoms with Gasteiger partial charge in [-0.05, 0) is 6.07 Å². The predicted octanol–water partition coefficient (Wildman–Crippen LogP) is -0.0869. The van der Waals surface area contributed by atoms with Gasteiger partial charge in [0.05, 0.1) is 19.6 Å². The molecule has 7 nitrogen and oxygen atoms in total. The molecule has 1 rings (SSSR count). The normalized spacial score (nSPS) is 10.4. The molecule has 114 valence electrons. The summed E-state index contributed by atoms with van der Waals surface area (Å²) >= 11 is 0. The van der Waals surface area contributed by atoms with Crippen LogP contribution in [0.3, 0.4) is 0 Å².